The number of thiocarbonyl (C=S) groups is 1. The molecule has 130 valence electrons. The second-order valence-corrected chi connectivity index (χ2v) is 6.16. The average molecular weight is 361 g/mol. The monoisotopic (exact) mass is 361 g/mol. The van der Waals surface area contributed by atoms with Crippen LogP contribution in [0.3, 0.4) is 0 Å². The van der Waals surface area contributed by atoms with E-state index in [1.807, 2.05) is 24.3 Å². The standard InChI is InChI=1S/C18H17F2N3OS/c19-13-6-7-16(15(20)10-13)22-18(25)21-11-12-3-1-4-14(9-12)23-8-2-5-17(23)24/h1,3-4,6-7,9-10H,2,5,8,11H2,(H2,21,22,25). The van der Waals surface area contributed by atoms with Gasteiger partial charge in [-0.05, 0) is 48.5 Å². The van der Waals surface area contributed by atoms with Gasteiger partial charge in [-0.25, -0.2) is 8.78 Å². The zero-order valence-corrected chi connectivity index (χ0v) is 14.2. The van der Waals surface area contributed by atoms with Crippen LogP contribution in [0.1, 0.15) is 18.4 Å². The Balaban J connectivity index is 1.59. The lowest BCUT2D eigenvalue weighted by atomic mass is 10.2. The molecule has 1 fully saturated rings. The number of amides is 1. The van der Waals surface area contributed by atoms with E-state index in [4.69, 9.17) is 12.2 Å². The van der Waals surface area contributed by atoms with Gasteiger partial charge in [-0.3, -0.25) is 4.79 Å². The normalized spacial score (nSPS) is 13.8. The lowest BCUT2D eigenvalue weighted by Gasteiger charge is -2.17. The first kappa shape index (κ1) is 17.3. The number of hydrogen-bond acceptors (Lipinski definition) is 2. The van der Waals surface area contributed by atoms with Gasteiger partial charge in [-0.1, -0.05) is 12.1 Å². The Morgan fingerprint density at radius 2 is 2.04 bits per heavy atom. The zero-order valence-electron chi connectivity index (χ0n) is 13.4. The minimum atomic E-state index is -0.710. The van der Waals surface area contributed by atoms with Crippen LogP contribution in [-0.4, -0.2) is 17.6 Å². The molecule has 1 aliphatic heterocycles. The quantitative estimate of drug-likeness (QED) is 0.817. The molecule has 0 saturated carbocycles. The number of rotatable bonds is 4. The molecule has 7 heteroatoms. The largest absolute Gasteiger partial charge is 0.358 e. The molecule has 1 heterocycles. The molecule has 0 radical (unpaired) electrons. The average Bonchev–Trinajstić information content (AvgIpc) is 3.02. The first-order valence-corrected chi connectivity index (χ1v) is 8.33. The minimum absolute atomic E-state index is 0.107. The Morgan fingerprint density at radius 1 is 1.20 bits per heavy atom. The summed E-state index contributed by atoms with van der Waals surface area (Å²) >= 11 is 5.14. The maximum atomic E-state index is 13.6. The van der Waals surface area contributed by atoms with Crippen molar-refractivity contribution in [1.29, 1.82) is 0 Å². The molecule has 0 atom stereocenters. The summed E-state index contributed by atoms with van der Waals surface area (Å²) in [6.07, 6.45) is 1.46. The van der Waals surface area contributed by atoms with Crippen LogP contribution in [-0.2, 0) is 11.3 Å². The summed E-state index contributed by atoms with van der Waals surface area (Å²) in [5.41, 5.74) is 1.92. The maximum Gasteiger partial charge on any atom is 0.227 e. The van der Waals surface area contributed by atoms with Crippen LogP contribution in [0.25, 0.3) is 0 Å². The predicted molar refractivity (Wildman–Crippen MR) is 97.4 cm³/mol. The molecule has 0 aliphatic carbocycles. The van der Waals surface area contributed by atoms with Gasteiger partial charge in [0.25, 0.3) is 0 Å². The van der Waals surface area contributed by atoms with Gasteiger partial charge in [0.05, 0.1) is 5.69 Å². The molecule has 0 unspecified atom stereocenters. The summed E-state index contributed by atoms with van der Waals surface area (Å²) in [7, 11) is 0. The van der Waals surface area contributed by atoms with E-state index in [1.165, 1.54) is 6.07 Å². The van der Waals surface area contributed by atoms with E-state index in [0.29, 0.717) is 13.0 Å². The van der Waals surface area contributed by atoms with Gasteiger partial charge in [0.2, 0.25) is 5.91 Å². The third-order valence-corrected chi connectivity index (χ3v) is 4.17. The number of benzene rings is 2. The van der Waals surface area contributed by atoms with Gasteiger partial charge in [0.15, 0.2) is 5.11 Å². The maximum absolute atomic E-state index is 13.6. The SMILES string of the molecule is O=C1CCCN1c1cccc(CNC(=S)Nc2ccc(F)cc2F)c1. The molecular weight excluding hydrogens is 344 g/mol. The summed E-state index contributed by atoms with van der Waals surface area (Å²) < 4.78 is 26.5. The Morgan fingerprint density at radius 3 is 2.76 bits per heavy atom. The highest BCUT2D eigenvalue weighted by Crippen LogP contribution is 2.22. The second-order valence-electron chi connectivity index (χ2n) is 5.75. The summed E-state index contributed by atoms with van der Waals surface area (Å²) in [5, 5.41) is 5.90. The van der Waals surface area contributed by atoms with E-state index in [2.05, 4.69) is 10.6 Å². The van der Waals surface area contributed by atoms with Crippen molar-refractivity contribution in [3.8, 4) is 0 Å². The molecule has 0 spiro atoms. The first-order chi connectivity index (χ1) is 12.0. The van der Waals surface area contributed by atoms with Crippen LogP contribution in [0.4, 0.5) is 20.2 Å². The number of halogens is 2. The Labute approximate surface area is 149 Å². The minimum Gasteiger partial charge on any atom is -0.358 e. The van der Waals surface area contributed by atoms with E-state index < -0.39 is 11.6 Å². The molecule has 1 amide bonds. The summed E-state index contributed by atoms with van der Waals surface area (Å²) in [4.78, 5) is 13.6. The number of nitrogens with one attached hydrogen (secondary N) is 2. The van der Waals surface area contributed by atoms with Gasteiger partial charge in [-0.15, -0.1) is 0 Å². The van der Waals surface area contributed by atoms with Crippen LogP contribution in [0.15, 0.2) is 42.5 Å². The fourth-order valence-corrected chi connectivity index (χ4v) is 2.88. The molecule has 1 saturated heterocycles. The lowest BCUT2D eigenvalue weighted by Crippen LogP contribution is -2.28. The molecule has 0 bridgehead atoms. The van der Waals surface area contributed by atoms with Crippen LogP contribution >= 0.6 is 12.2 Å². The van der Waals surface area contributed by atoms with E-state index in [9.17, 15) is 13.6 Å². The van der Waals surface area contributed by atoms with Crippen molar-refractivity contribution < 1.29 is 13.6 Å². The van der Waals surface area contributed by atoms with Crippen LogP contribution in [0.2, 0.25) is 0 Å². The molecule has 2 aromatic carbocycles. The van der Waals surface area contributed by atoms with Crippen molar-refractivity contribution in [1.82, 2.24) is 5.32 Å². The highest BCUT2D eigenvalue weighted by atomic mass is 32.1. The fourth-order valence-electron chi connectivity index (χ4n) is 2.70. The van der Waals surface area contributed by atoms with Crippen LogP contribution in [0, 0.1) is 11.6 Å². The van der Waals surface area contributed by atoms with Gasteiger partial charge in [0.1, 0.15) is 11.6 Å². The van der Waals surface area contributed by atoms with Crippen molar-refractivity contribution in [2.24, 2.45) is 0 Å². The fraction of sp³-hybridized carbons (Fsp3) is 0.222. The van der Waals surface area contributed by atoms with Crippen molar-refractivity contribution in [3.63, 3.8) is 0 Å². The molecule has 4 nitrogen and oxygen atoms in total. The third-order valence-electron chi connectivity index (χ3n) is 3.93. The summed E-state index contributed by atoms with van der Waals surface area (Å²) in [5.74, 6) is -1.22. The topological polar surface area (TPSA) is 44.4 Å². The molecule has 3 rings (SSSR count). The number of carbonyl (C=O) groups excluding carboxylic acids is 1. The van der Waals surface area contributed by atoms with Crippen molar-refractivity contribution in [2.75, 3.05) is 16.8 Å². The zero-order chi connectivity index (χ0) is 17.8. The molecule has 25 heavy (non-hydrogen) atoms. The lowest BCUT2D eigenvalue weighted by molar-refractivity contribution is -0.117. The summed E-state index contributed by atoms with van der Waals surface area (Å²) in [6, 6.07) is 10.9. The number of carbonyl (C=O) groups is 1. The van der Waals surface area contributed by atoms with Gasteiger partial charge < -0.3 is 15.5 Å². The molecule has 2 N–H and O–H groups in total. The van der Waals surface area contributed by atoms with E-state index in [0.717, 1.165) is 36.3 Å². The van der Waals surface area contributed by atoms with Gasteiger partial charge >= 0.3 is 0 Å². The van der Waals surface area contributed by atoms with E-state index in [1.54, 1.807) is 4.90 Å². The highest BCUT2D eigenvalue weighted by molar-refractivity contribution is 7.80. The molecule has 1 aliphatic rings. The van der Waals surface area contributed by atoms with Crippen LogP contribution in [0.5, 0.6) is 0 Å². The van der Waals surface area contributed by atoms with Crippen molar-refractivity contribution in [2.45, 2.75) is 19.4 Å². The van der Waals surface area contributed by atoms with Crippen molar-refractivity contribution >= 4 is 34.6 Å². The smallest absolute Gasteiger partial charge is 0.227 e. The van der Waals surface area contributed by atoms with E-state index in [-0.39, 0.29) is 16.7 Å². The molecular formula is C18H17F2N3OS. The Bertz CT molecular complexity index is 813. The first-order valence-electron chi connectivity index (χ1n) is 7.92. The Kier molecular flexibility index (Phi) is 5.23. The van der Waals surface area contributed by atoms with Gasteiger partial charge in [0, 0.05) is 31.3 Å². The van der Waals surface area contributed by atoms with E-state index >= 15 is 0 Å². The number of hydrogen-bond donors (Lipinski definition) is 2. The van der Waals surface area contributed by atoms with Crippen molar-refractivity contribution in [3.05, 3.63) is 59.7 Å². The second kappa shape index (κ2) is 7.57. The number of nitrogens with zero attached hydrogens (tertiary/aromatic N) is 1. The number of anilines is 2. The van der Waals surface area contributed by atoms with Crippen LogP contribution < -0.4 is 15.5 Å². The molecule has 0 aromatic heterocycles. The predicted octanol–water partition coefficient (Wildman–Crippen LogP) is 3.58. The van der Waals surface area contributed by atoms with Gasteiger partial charge in [-0.2, -0.15) is 0 Å². The summed E-state index contributed by atoms with van der Waals surface area (Å²) in [6.45, 7) is 1.16. The third kappa shape index (κ3) is 4.30. The Hall–Kier alpha value is -2.54. The molecule has 2 aromatic rings. The highest BCUT2D eigenvalue weighted by Gasteiger charge is 2.21.